The highest BCUT2D eigenvalue weighted by Crippen LogP contribution is 2.20. The number of oxime groups is 1. The molecule has 1 fully saturated rings. The van der Waals surface area contributed by atoms with Crippen molar-refractivity contribution in [2.45, 2.75) is 51.2 Å². The number of hydrogen-bond donors (Lipinski definition) is 1. The van der Waals surface area contributed by atoms with Crippen molar-refractivity contribution >= 4 is 5.71 Å². The van der Waals surface area contributed by atoms with Crippen molar-refractivity contribution in [2.24, 2.45) is 5.16 Å². The molecule has 0 bridgehead atoms. The zero-order valence-electron chi connectivity index (χ0n) is 8.44. The quantitative estimate of drug-likeness (QED) is 0.555. The van der Waals surface area contributed by atoms with Crippen molar-refractivity contribution < 1.29 is 9.94 Å². The Morgan fingerprint density at radius 2 is 2.29 bits per heavy atom. The van der Waals surface area contributed by atoms with Gasteiger partial charge in [-0.1, -0.05) is 12.1 Å². The van der Waals surface area contributed by atoms with Crippen LogP contribution in [0.25, 0.3) is 0 Å². The predicted molar refractivity (Wildman–Crippen MR) is 52.3 cm³/mol. The van der Waals surface area contributed by atoms with E-state index in [1.165, 1.54) is 0 Å². The molecular formula is C10H16N2O2. The molecule has 1 rings (SSSR count). The van der Waals surface area contributed by atoms with Gasteiger partial charge in [0.1, 0.15) is 6.10 Å². The SMILES string of the molecule is CCC(C#N)OC1CCC(=NO)CC1. The van der Waals surface area contributed by atoms with E-state index < -0.39 is 0 Å². The molecule has 0 aromatic heterocycles. The van der Waals surface area contributed by atoms with E-state index in [1.54, 1.807) is 0 Å². The summed E-state index contributed by atoms with van der Waals surface area (Å²) in [5, 5.41) is 20.5. The van der Waals surface area contributed by atoms with Crippen molar-refractivity contribution in [2.75, 3.05) is 0 Å². The summed E-state index contributed by atoms with van der Waals surface area (Å²) in [6.07, 6.45) is 3.88. The number of nitriles is 1. The molecule has 1 atom stereocenters. The minimum absolute atomic E-state index is 0.157. The fourth-order valence-electron chi connectivity index (χ4n) is 1.61. The molecule has 0 spiro atoms. The Morgan fingerprint density at radius 3 is 2.71 bits per heavy atom. The maximum atomic E-state index is 8.72. The second-order valence-electron chi connectivity index (χ2n) is 3.53. The van der Waals surface area contributed by atoms with Gasteiger partial charge in [0, 0.05) is 0 Å². The molecule has 0 amide bonds. The molecule has 0 aliphatic heterocycles. The first-order valence-electron chi connectivity index (χ1n) is 5.05. The molecule has 0 aromatic rings. The zero-order chi connectivity index (χ0) is 10.4. The van der Waals surface area contributed by atoms with Crippen LogP contribution in [0.2, 0.25) is 0 Å². The van der Waals surface area contributed by atoms with E-state index in [0.717, 1.165) is 37.8 Å². The fraction of sp³-hybridized carbons (Fsp3) is 0.800. The lowest BCUT2D eigenvalue weighted by Crippen LogP contribution is -2.26. The number of hydrogen-bond acceptors (Lipinski definition) is 4. The summed E-state index contributed by atoms with van der Waals surface area (Å²) in [4.78, 5) is 0. The van der Waals surface area contributed by atoms with E-state index in [-0.39, 0.29) is 12.2 Å². The van der Waals surface area contributed by atoms with Gasteiger partial charge in [-0.15, -0.1) is 0 Å². The lowest BCUT2D eigenvalue weighted by molar-refractivity contribution is 0.00454. The van der Waals surface area contributed by atoms with Crippen molar-refractivity contribution in [1.82, 2.24) is 0 Å². The van der Waals surface area contributed by atoms with Gasteiger partial charge < -0.3 is 9.94 Å². The summed E-state index contributed by atoms with van der Waals surface area (Å²) in [7, 11) is 0. The summed E-state index contributed by atoms with van der Waals surface area (Å²) in [6.45, 7) is 1.94. The van der Waals surface area contributed by atoms with E-state index in [0.29, 0.717) is 0 Å². The molecule has 0 saturated heterocycles. The van der Waals surface area contributed by atoms with Gasteiger partial charge in [-0.25, -0.2) is 0 Å². The first-order chi connectivity index (χ1) is 6.80. The van der Waals surface area contributed by atoms with E-state index in [2.05, 4.69) is 11.2 Å². The smallest absolute Gasteiger partial charge is 0.144 e. The van der Waals surface area contributed by atoms with E-state index >= 15 is 0 Å². The third-order valence-electron chi connectivity index (χ3n) is 2.52. The summed E-state index contributed by atoms with van der Waals surface area (Å²) >= 11 is 0. The standard InChI is InChI=1S/C10H16N2O2/c1-2-9(7-11)14-10-5-3-8(12-13)4-6-10/h9-10,13H,2-6H2,1H3. The third kappa shape index (κ3) is 3.00. The minimum atomic E-state index is -0.285. The Kier molecular flexibility index (Phi) is 4.41. The Bertz CT molecular complexity index is 235. The first kappa shape index (κ1) is 11.0. The highest BCUT2D eigenvalue weighted by molar-refractivity contribution is 5.84. The maximum Gasteiger partial charge on any atom is 0.144 e. The molecule has 0 heterocycles. The number of nitrogens with zero attached hydrogens (tertiary/aromatic N) is 2. The first-order valence-corrected chi connectivity index (χ1v) is 5.05. The van der Waals surface area contributed by atoms with Crippen LogP contribution in [0.5, 0.6) is 0 Å². The van der Waals surface area contributed by atoms with Gasteiger partial charge in [0.15, 0.2) is 0 Å². The number of ether oxygens (including phenoxy) is 1. The van der Waals surface area contributed by atoms with Crippen molar-refractivity contribution in [3.63, 3.8) is 0 Å². The van der Waals surface area contributed by atoms with Crippen LogP contribution in [0.1, 0.15) is 39.0 Å². The predicted octanol–water partition coefficient (Wildman–Crippen LogP) is 2.08. The molecule has 1 aliphatic carbocycles. The Morgan fingerprint density at radius 1 is 1.64 bits per heavy atom. The van der Waals surface area contributed by atoms with Crippen LogP contribution >= 0.6 is 0 Å². The van der Waals surface area contributed by atoms with E-state index in [9.17, 15) is 0 Å². The Hall–Kier alpha value is -1.08. The summed E-state index contributed by atoms with van der Waals surface area (Å²) in [5.74, 6) is 0. The van der Waals surface area contributed by atoms with Crippen LogP contribution in [-0.2, 0) is 4.74 Å². The van der Waals surface area contributed by atoms with Gasteiger partial charge in [-0.05, 0) is 32.1 Å². The van der Waals surface area contributed by atoms with Crippen LogP contribution in [0, 0.1) is 11.3 Å². The lowest BCUT2D eigenvalue weighted by Gasteiger charge is -2.24. The van der Waals surface area contributed by atoms with E-state index in [1.807, 2.05) is 6.92 Å². The highest BCUT2D eigenvalue weighted by Gasteiger charge is 2.21. The topological polar surface area (TPSA) is 65.6 Å². The summed E-state index contributed by atoms with van der Waals surface area (Å²) in [5.41, 5.74) is 0.842. The van der Waals surface area contributed by atoms with Crippen LogP contribution in [0.3, 0.4) is 0 Å². The van der Waals surface area contributed by atoms with E-state index in [4.69, 9.17) is 15.2 Å². The Labute approximate surface area is 84.2 Å². The van der Waals surface area contributed by atoms with Gasteiger partial charge in [0.2, 0.25) is 0 Å². The normalized spacial score (nSPS) is 24.0. The van der Waals surface area contributed by atoms with Crippen molar-refractivity contribution in [1.29, 1.82) is 5.26 Å². The Balaban J connectivity index is 2.32. The van der Waals surface area contributed by atoms with Gasteiger partial charge in [-0.3, -0.25) is 0 Å². The second kappa shape index (κ2) is 5.61. The second-order valence-corrected chi connectivity index (χ2v) is 3.53. The van der Waals surface area contributed by atoms with Crippen molar-refractivity contribution in [3.05, 3.63) is 0 Å². The molecule has 1 aliphatic rings. The molecule has 0 radical (unpaired) electrons. The van der Waals surface area contributed by atoms with Crippen LogP contribution in [-0.4, -0.2) is 23.1 Å². The molecule has 0 aromatic carbocycles. The molecule has 1 saturated carbocycles. The van der Waals surface area contributed by atoms with Gasteiger partial charge >= 0.3 is 0 Å². The zero-order valence-corrected chi connectivity index (χ0v) is 8.44. The van der Waals surface area contributed by atoms with Gasteiger partial charge in [0.25, 0.3) is 0 Å². The fourth-order valence-corrected chi connectivity index (χ4v) is 1.61. The highest BCUT2D eigenvalue weighted by atomic mass is 16.5. The van der Waals surface area contributed by atoms with Crippen LogP contribution in [0.15, 0.2) is 5.16 Å². The lowest BCUT2D eigenvalue weighted by atomic mass is 9.95. The largest absolute Gasteiger partial charge is 0.411 e. The van der Waals surface area contributed by atoms with Crippen LogP contribution < -0.4 is 0 Å². The average molecular weight is 196 g/mol. The molecule has 4 heteroatoms. The summed E-state index contributed by atoms with van der Waals surface area (Å²) in [6, 6.07) is 2.12. The maximum absolute atomic E-state index is 8.72. The third-order valence-corrected chi connectivity index (χ3v) is 2.52. The summed E-state index contributed by atoms with van der Waals surface area (Å²) < 4.78 is 5.58. The van der Waals surface area contributed by atoms with Gasteiger partial charge in [-0.2, -0.15) is 5.26 Å². The average Bonchev–Trinajstić information content (AvgIpc) is 2.26. The molecular weight excluding hydrogens is 180 g/mol. The minimum Gasteiger partial charge on any atom is -0.411 e. The molecule has 78 valence electrons. The molecule has 4 nitrogen and oxygen atoms in total. The molecule has 1 N–H and O–H groups in total. The van der Waals surface area contributed by atoms with Gasteiger partial charge in [0.05, 0.1) is 17.9 Å². The van der Waals surface area contributed by atoms with Crippen LogP contribution in [0.4, 0.5) is 0 Å². The number of rotatable bonds is 3. The molecule has 1 unspecified atom stereocenters. The molecule has 14 heavy (non-hydrogen) atoms. The monoisotopic (exact) mass is 196 g/mol. The van der Waals surface area contributed by atoms with Crippen molar-refractivity contribution in [3.8, 4) is 6.07 Å².